The van der Waals surface area contributed by atoms with E-state index in [0.29, 0.717) is 5.84 Å². The molecule has 0 saturated carbocycles. The van der Waals surface area contributed by atoms with Crippen LogP contribution < -0.4 is 0 Å². The second kappa shape index (κ2) is 1.76. The van der Waals surface area contributed by atoms with E-state index in [4.69, 9.17) is 0 Å². The van der Waals surface area contributed by atoms with Gasteiger partial charge < -0.3 is 4.79 Å². The number of hydrogen-bond acceptors (Lipinski definition) is 3. The van der Waals surface area contributed by atoms with E-state index >= 15 is 0 Å². The van der Waals surface area contributed by atoms with Gasteiger partial charge in [0.15, 0.2) is 6.29 Å². The predicted octanol–water partition coefficient (Wildman–Crippen LogP) is 0.447. The van der Waals surface area contributed by atoms with Crippen molar-refractivity contribution in [3.05, 3.63) is 0 Å². The smallest absolute Gasteiger partial charge is 0.152 e. The van der Waals surface area contributed by atoms with Gasteiger partial charge in [0, 0.05) is 6.21 Å². The van der Waals surface area contributed by atoms with Gasteiger partial charge in [-0.05, 0) is 13.8 Å². The van der Waals surface area contributed by atoms with E-state index in [2.05, 4.69) is 9.98 Å². The van der Waals surface area contributed by atoms with E-state index in [0.717, 1.165) is 6.29 Å². The number of carbonyl (C=O) groups excluding carboxylic acids is 1. The molecule has 1 heterocycles. The lowest BCUT2D eigenvalue weighted by Gasteiger charge is -2.03. The first kappa shape index (κ1) is 6.13. The molecule has 1 atom stereocenters. The zero-order chi connectivity index (χ0) is 6.91. The highest BCUT2D eigenvalue weighted by Crippen LogP contribution is 2.09. The second-order valence-electron chi connectivity index (χ2n) is 2.26. The minimum Gasteiger partial charge on any atom is -0.300 e. The first-order valence-electron chi connectivity index (χ1n) is 2.74. The molecule has 0 spiro atoms. The highest BCUT2D eigenvalue weighted by Gasteiger charge is 2.23. The van der Waals surface area contributed by atoms with Crippen LogP contribution in [0.3, 0.4) is 0 Å². The van der Waals surface area contributed by atoms with Gasteiger partial charge in [0.2, 0.25) is 0 Å². The average molecular weight is 124 g/mol. The average Bonchev–Trinajstić information content (AvgIpc) is 2.13. The molecule has 1 unspecified atom stereocenters. The van der Waals surface area contributed by atoms with Gasteiger partial charge in [0.25, 0.3) is 0 Å². The molecule has 1 rings (SSSR count). The van der Waals surface area contributed by atoms with Crippen LogP contribution in [0.25, 0.3) is 0 Å². The molecular formula is C6H8N2O. The largest absolute Gasteiger partial charge is 0.300 e. The maximum Gasteiger partial charge on any atom is 0.152 e. The Morgan fingerprint density at radius 3 is 2.67 bits per heavy atom. The molecule has 0 aliphatic carbocycles. The number of rotatable bonds is 1. The Hall–Kier alpha value is -0.990. The van der Waals surface area contributed by atoms with E-state index in [1.165, 1.54) is 0 Å². The number of amidine groups is 1. The van der Waals surface area contributed by atoms with Gasteiger partial charge >= 0.3 is 0 Å². The fourth-order valence-corrected chi connectivity index (χ4v) is 0.687. The van der Waals surface area contributed by atoms with E-state index in [-0.39, 0.29) is 0 Å². The SMILES string of the molecule is CC1=NC(C)(C=O)C=N1. The summed E-state index contributed by atoms with van der Waals surface area (Å²) < 4.78 is 0. The van der Waals surface area contributed by atoms with Gasteiger partial charge in [-0.2, -0.15) is 0 Å². The summed E-state index contributed by atoms with van der Waals surface area (Å²) in [5, 5.41) is 0. The molecule has 0 fully saturated rings. The minimum atomic E-state index is -0.677. The van der Waals surface area contributed by atoms with Crippen LogP contribution in [0.15, 0.2) is 9.98 Å². The molecule has 0 radical (unpaired) electrons. The molecule has 0 aromatic carbocycles. The second-order valence-corrected chi connectivity index (χ2v) is 2.26. The van der Waals surface area contributed by atoms with Crippen molar-refractivity contribution in [2.24, 2.45) is 9.98 Å². The van der Waals surface area contributed by atoms with Crippen LogP contribution in [0.4, 0.5) is 0 Å². The summed E-state index contributed by atoms with van der Waals surface area (Å²) in [7, 11) is 0. The third-order valence-electron chi connectivity index (χ3n) is 1.15. The van der Waals surface area contributed by atoms with Crippen LogP contribution >= 0.6 is 0 Å². The van der Waals surface area contributed by atoms with Crippen LogP contribution in [0.5, 0.6) is 0 Å². The molecule has 0 bridgehead atoms. The monoisotopic (exact) mass is 124 g/mol. The van der Waals surface area contributed by atoms with E-state index in [1.54, 1.807) is 20.1 Å². The Morgan fingerprint density at radius 2 is 2.44 bits per heavy atom. The van der Waals surface area contributed by atoms with Crippen LogP contribution in [-0.4, -0.2) is 23.9 Å². The normalized spacial score (nSPS) is 32.4. The summed E-state index contributed by atoms with van der Waals surface area (Å²) in [5.41, 5.74) is -0.677. The standard InChI is InChI=1S/C6H8N2O/c1-5-7-3-6(2,4-9)8-5/h3-4H,1-2H3. The Labute approximate surface area is 53.5 Å². The third kappa shape index (κ3) is 1.04. The summed E-state index contributed by atoms with van der Waals surface area (Å²) in [6, 6.07) is 0. The first-order valence-corrected chi connectivity index (χ1v) is 2.74. The Balaban J connectivity index is 2.90. The van der Waals surface area contributed by atoms with Crippen molar-refractivity contribution < 1.29 is 4.79 Å². The summed E-state index contributed by atoms with van der Waals surface area (Å²) in [6.45, 7) is 3.49. The lowest BCUT2D eigenvalue weighted by atomic mass is 10.1. The van der Waals surface area contributed by atoms with Crippen LogP contribution in [-0.2, 0) is 4.79 Å². The highest BCUT2D eigenvalue weighted by atomic mass is 16.1. The molecule has 0 aromatic heterocycles. The lowest BCUT2D eigenvalue weighted by molar-refractivity contribution is -0.109. The Bertz CT molecular complexity index is 195. The number of carbonyl (C=O) groups is 1. The summed E-state index contributed by atoms with van der Waals surface area (Å²) in [6.07, 6.45) is 2.34. The van der Waals surface area contributed by atoms with Gasteiger partial charge in [-0.3, -0.25) is 4.99 Å². The van der Waals surface area contributed by atoms with Crippen molar-refractivity contribution in [3.8, 4) is 0 Å². The fourth-order valence-electron chi connectivity index (χ4n) is 0.687. The van der Waals surface area contributed by atoms with Gasteiger partial charge in [0.1, 0.15) is 11.4 Å². The first-order chi connectivity index (χ1) is 4.16. The molecule has 3 nitrogen and oxygen atoms in total. The quantitative estimate of drug-likeness (QED) is 0.468. The molecule has 48 valence electrons. The molecule has 9 heavy (non-hydrogen) atoms. The number of aliphatic imine (C=N–C) groups is 2. The van der Waals surface area contributed by atoms with Gasteiger partial charge in [-0.1, -0.05) is 0 Å². The lowest BCUT2D eigenvalue weighted by Crippen LogP contribution is -2.22. The molecule has 0 amide bonds. The fraction of sp³-hybridized carbons (Fsp3) is 0.500. The molecule has 0 aromatic rings. The summed E-state index contributed by atoms with van der Waals surface area (Å²) >= 11 is 0. The van der Waals surface area contributed by atoms with Crippen LogP contribution in [0, 0.1) is 0 Å². The molecule has 0 N–H and O–H groups in total. The highest BCUT2D eigenvalue weighted by molar-refractivity contribution is 6.05. The number of nitrogens with zero attached hydrogens (tertiary/aromatic N) is 2. The van der Waals surface area contributed by atoms with Crippen molar-refractivity contribution in [1.82, 2.24) is 0 Å². The third-order valence-corrected chi connectivity index (χ3v) is 1.15. The van der Waals surface area contributed by atoms with Crippen LogP contribution in [0.1, 0.15) is 13.8 Å². The molecule has 0 saturated heterocycles. The minimum absolute atomic E-state index is 0.671. The summed E-state index contributed by atoms with van der Waals surface area (Å²) in [4.78, 5) is 18.1. The summed E-state index contributed by atoms with van der Waals surface area (Å²) in [5.74, 6) is 0.671. The topological polar surface area (TPSA) is 41.8 Å². The predicted molar refractivity (Wildman–Crippen MR) is 36.1 cm³/mol. The van der Waals surface area contributed by atoms with E-state index < -0.39 is 5.54 Å². The van der Waals surface area contributed by atoms with Crippen LogP contribution in [0.2, 0.25) is 0 Å². The molecule has 1 aliphatic rings. The van der Waals surface area contributed by atoms with Crippen molar-refractivity contribution in [3.63, 3.8) is 0 Å². The van der Waals surface area contributed by atoms with Crippen molar-refractivity contribution in [2.75, 3.05) is 0 Å². The number of aldehydes is 1. The van der Waals surface area contributed by atoms with Gasteiger partial charge in [0.05, 0.1) is 0 Å². The molecule has 1 aliphatic heterocycles. The zero-order valence-corrected chi connectivity index (χ0v) is 5.46. The molecule has 3 heteroatoms. The van der Waals surface area contributed by atoms with Crippen molar-refractivity contribution in [2.45, 2.75) is 19.4 Å². The van der Waals surface area contributed by atoms with Crippen molar-refractivity contribution >= 4 is 18.3 Å². The number of hydrogen-bond donors (Lipinski definition) is 0. The van der Waals surface area contributed by atoms with Crippen molar-refractivity contribution in [1.29, 1.82) is 0 Å². The Morgan fingerprint density at radius 1 is 1.78 bits per heavy atom. The van der Waals surface area contributed by atoms with Gasteiger partial charge in [-0.15, -0.1) is 0 Å². The zero-order valence-electron chi connectivity index (χ0n) is 5.46. The maximum atomic E-state index is 10.3. The van der Waals surface area contributed by atoms with E-state index in [9.17, 15) is 4.79 Å². The Kier molecular flexibility index (Phi) is 1.20. The molecular weight excluding hydrogens is 116 g/mol. The maximum absolute atomic E-state index is 10.3. The van der Waals surface area contributed by atoms with Gasteiger partial charge in [-0.25, -0.2) is 4.99 Å². The van der Waals surface area contributed by atoms with E-state index in [1.807, 2.05) is 0 Å².